The fraction of sp³-hybridized carbons (Fsp3) is 0.467. The molecule has 0 bridgehead atoms. The number of carbonyl (C=O) groups excluding carboxylic acids is 1. The first-order valence-electron chi connectivity index (χ1n) is 7.48. The maximum Gasteiger partial charge on any atom is 0.255 e. The van der Waals surface area contributed by atoms with Crippen LogP contribution in [0.4, 0.5) is 0 Å². The van der Waals surface area contributed by atoms with E-state index in [4.69, 9.17) is 0 Å². The van der Waals surface area contributed by atoms with Gasteiger partial charge in [-0.15, -0.1) is 0 Å². The van der Waals surface area contributed by atoms with Gasteiger partial charge in [0.25, 0.3) is 5.91 Å². The normalized spacial score (nSPS) is 20.6. The van der Waals surface area contributed by atoms with Gasteiger partial charge in [-0.1, -0.05) is 0 Å². The van der Waals surface area contributed by atoms with Crippen LogP contribution in [-0.2, 0) is 16.4 Å². The Balaban J connectivity index is 1.96. The van der Waals surface area contributed by atoms with E-state index in [9.17, 15) is 13.2 Å². The summed E-state index contributed by atoms with van der Waals surface area (Å²) in [7, 11) is -3.15. The van der Waals surface area contributed by atoms with E-state index in [2.05, 4.69) is 5.10 Å². The van der Waals surface area contributed by atoms with Crippen molar-refractivity contribution in [1.29, 1.82) is 0 Å². The predicted octanol–water partition coefficient (Wildman–Crippen LogP) is 1.88. The molecule has 0 N–H and O–H groups in total. The van der Waals surface area contributed by atoms with Gasteiger partial charge >= 0.3 is 0 Å². The molecule has 2 aromatic heterocycles. The summed E-state index contributed by atoms with van der Waals surface area (Å²) >= 11 is 1.48. The van der Waals surface area contributed by atoms with Gasteiger partial charge in [0.2, 0.25) is 0 Å². The minimum Gasteiger partial charge on any atom is -0.329 e. The standard InChI is InChI=1S/C15H19N3O3S2/c1-3-17-7-12(6-16-17)14-10-23(20,21)5-4-18(14)15(19)13-9-22-8-11(13)2/h6-9,14H,3-5,10H2,1-2H3/t14-/m1/s1. The Kier molecular flexibility index (Phi) is 4.29. The molecule has 1 amide bonds. The Morgan fingerprint density at radius 1 is 1.43 bits per heavy atom. The molecule has 1 aliphatic rings. The van der Waals surface area contributed by atoms with Crippen molar-refractivity contribution < 1.29 is 13.2 Å². The van der Waals surface area contributed by atoms with Crippen LogP contribution >= 0.6 is 11.3 Å². The van der Waals surface area contributed by atoms with Crippen LogP contribution in [0.1, 0.15) is 34.5 Å². The lowest BCUT2D eigenvalue weighted by Crippen LogP contribution is -2.46. The molecular formula is C15H19N3O3S2. The fourth-order valence-corrected chi connectivity index (χ4v) is 5.10. The van der Waals surface area contributed by atoms with Crippen molar-refractivity contribution in [2.45, 2.75) is 26.4 Å². The Morgan fingerprint density at radius 3 is 2.83 bits per heavy atom. The van der Waals surface area contributed by atoms with E-state index in [0.717, 1.165) is 11.1 Å². The van der Waals surface area contributed by atoms with Gasteiger partial charge in [-0.25, -0.2) is 8.42 Å². The van der Waals surface area contributed by atoms with Gasteiger partial charge < -0.3 is 4.90 Å². The number of sulfone groups is 1. The second-order valence-electron chi connectivity index (χ2n) is 5.73. The van der Waals surface area contributed by atoms with Gasteiger partial charge in [-0.3, -0.25) is 9.48 Å². The maximum absolute atomic E-state index is 12.9. The number of thiophene rings is 1. The third-order valence-corrected chi connectivity index (χ3v) is 6.63. The Morgan fingerprint density at radius 2 is 2.22 bits per heavy atom. The van der Waals surface area contributed by atoms with Crippen molar-refractivity contribution in [3.8, 4) is 0 Å². The highest BCUT2D eigenvalue weighted by molar-refractivity contribution is 7.91. The molecule has 3 heterocycles. The van der Waals surface area contributed by atoms with Crippen molar-refractivity contribution in [3.05, 3.63) is 39.8 Å². The number of amides is 1. The molecule has 0 radical (unpaired) electrons. The average molecular weight is 353 g/mol. The minimum atomic E-state index is -3.15. The molecule has 1 atom stereocenters. The highest BCUT2D eigenvalue weighted by Gasteiger charge is 2.36. The second-order valence-corrected chi connectivity index (χ2v) is 8.70. The molecule has 1 aliphatic heterocycles. The van der Waals surface area contributed by atoms with Crippen LogP contribution < -0.4 is 0 Å². The summed E-state index contributed by atoms with van der Waals surface area (Å²) in [5, 5.41) is 7.97. The Labute approximate surface area is 139 Å². The van der Waals surface area contributed by atoms with E-state index in [1.807, 2.05) is 30.8 Å². The summed E-state index contributed by atoms with van der Waals surface area (Å²) in [5.74, 6) is -0.134. The van der Waals surface area contributed by atoms with E-state index >= 15 is 0 Å². The number of rotatable bonds is 3. The number of nitrogens with zero attached hydrogens (tertiary/aromatic N) is 3. The minimum absolute atomic E-state index is 0.0142. The zero-order chi connectivity index (χ0) is 16.6. The zero-order valence-corrected chi connectivity index (χ0v) is 14.7. The largest absolute Gasteiger partial charge is 0.329 e. The molecule has 2 aromatic rings. The molecule has 8 heteroatoms. The molecule has 3 rings (SSSR count). The van der Waals surface area contributed by atoms with Gasteiger partial charge in [0.05, 0.1) is 29.3 Å². The lowest BCUT2D eigenvalue weighted by molar-refractivity contribution is 0.0697. The van der Waals surface area contributed by atoms with Crippen molar-refractivity contribution in [2.75, 3.05) is 18.1 Å². The van der Waals surface area contributed by atoms with Crippen LogP contribution in [0.25, 0.3) is 0 Å². The summed E-state index contributed by atoms with van der Waals surface area (Å²) < 4.78 is 25.9. The van der Waals surface area contributed by atoms with Gasteiger partial charge in [0, 0.05) is 30.2 Å². The van der Waals surface area contributed by atoms with Crippen molar-refractivity contribution >= 4 is 27.1 Å². The molecular weight excluding hydrogens is 334 g/mol. The summed E-state index contributed by atoms with van der Waals surface area (Å²) in [6.07, 6.45) is 3.49. The molecule has 6 nitrogen and oxygen atoms in total. The summed E-state index contributed by atoms with van der Waals surface area (Å²) in [5.41, 5.74) is 2.36. The fourth-order valence-electron chi connectivity index (χ4n) is 2.79. The van der Waals surface area contributed by atoms with Crippen LogP contribution in [0.15, 0.2) is 23.2 Å². The lowest BCUT2D eigenvalue weighted by Gasteiger charge is -2.35. The molecule has 1 saturated heterocycles. The number of aromatic nitrogens is 2. The first kappa shape index (κ1) is 16.2. The summed E-state index contributed by atoms with van der Waals surface area (Å²) in [6.45, 7) is 4.79. The SMILES string of the molecule is CCn1cc([C@H]2CS(=O)(=O)CCN2C(=O)c2cscc2C)cn1. The van der Waals surface area contributed by atoms with Gasteiger partial charge in [0.1, 0.15) is 0 Å². The van der Waals surface area contributed by atoms with Crippen molar-refractivity contribution in [3.63, 3.8) is 0 Å². The van der Waals surface area contributed by atoms with Crippen molar-refractivity contribution in [2.24, 2.45) is 0 Å². The molecule has 0 aromatic carbocycles. The number of aryl methyl sites for hydroxylation is 2. The van der Waals surface area contributed by atoms with E-state index in [-0.39, 0.29) is 24.0 Å². The number of carbonyl (C=O) groups is 1. The van der Waals surface area contributed by atoms with E-state index < -0.39 is 15.9 Å². The monoisotopic (exact) mass is 353 g/mol. The highest BCUT2D eigenvalue weighted by Crippen LogP contribution is 2.29. The van der Waals surface area contributed by atoms with Crippen molar-refractivity contribution in [1.82, 2.24) is 14.7 Å². The Hall–Kier alpha value is -1.67. The van der Waals surface area contributed by atoms with Crippen LogP contribution in [-0.4, -0.2) is 47.1 Å². The van der Waals surface area contributed by atoms with Gasteiger partial charge in [-0.2, -0.15) is 16.4 Å². The third kappa shape index (κ3) is 3.18. The van der Waals surface area contributed by atoms with Gasteiger partial charge in [0.15, 0.2) is 9.84 Å². The number of hydrogen-bond donors (Lipinski definition) is 0. The first-order chi connectivity index (χ1) is 10.9. The summed E-state index contributed by atoms with van der Waals surface area (Å²) in [6, 6.07) is -0.471. The van der Waals surface area contributed by atoms with Crippen LogP contribution in [0, 0.1) is 6.92 Å². The van der Waals surface area contributed by atoms with Crippen LogP contribution in [0.3, 0.4) is 0 Å². The van der Waals surface area contributed by atoms with E-state index in [1.54, 1.807) is 15.8 Å². The third-order valence-electron chi connectivity index (χ3n) is 4.14. The highest BCUT2D eigenvalue weighted by atomic mass is 32.2. The smallest absolute Gasteiger partial charge is 0.255 e. The van der Waals surface area contributed by atoms with E-state index in [1.165, 1.54) is 11.3 Å². The molecule has 0 spiro atoms. The summed E-state index contributed by atoms with van der Waals surface area (Å²) in [4.78, 5) is 14.5. The molecule has 23 heavy (non-hydrogen) atoms. The first-order valence-corrected chi connectivity index (χ1v) is 10.2. The molecule has 0 unspecified atom stereocenters. The molecule has 0 saturated carbocycles. The quantitative estimate of drug-likeness (QED) is 0.845. The topological polar surface area (TPSA) is 72.3 Å². The molecule has 1 fully saturated rings. The Bertz CT molecular complexity index is 823. The predicted molar refractivity (Wildman–Crippen MR) is 89.4 cm³/mol. The zero-order valence-electron chi connectivity index (χ0n) is 13.1. The molecule has 0 aliphatic carbocycles. The van der Waals surface area contributed by atoms with E-state index in [0.29, 0.717) is 12.1 Å². The maximum atomic E-state index is 12.9. The van der Waals surface area contributed by atoms with Crippen LogP contribution in [0.5, 0.6) is 0 Å². The average Bonchev–Trinajstić information content (AvgIpc) is 3.14. The van der Waals surface area contributed by atoms with Crippen LogP contribution in [0.2, 0.25) is 0 Å². The second kappa shape index (κ2) is 6.09. The van der Waals surface area contributed by atoms with Gasteiger partial charge in [-0.05, 0) is 24.8 Å². The number of hydrogen-bond acceptors (Lipinski definition) is 5. The molecule has 124 valence electrons. The lowest BCUT2D eigenvalue weighted by atomic mass is 10.1.